The number of nitrogen functional groups attached to an aromatic ring is 1. The number of anilines is 1. The van der Waals surface area contributed by atoms with Crippen molar-refractivity contribution in [2.75, 3.05) is 5.73 Å². The highest BCUT2D eigenvalue weighted by Crippen LogP contribution is 2.24. The van der Waals surface area contributed by atoms with Gasteiger partial charge in [0.2, 0.25) is 5.95 Å². The molecular formula is C14H17N3. The van der Waals surface area contributed by atoms with E-state index in [0.29, 0.717) is 11.9 Å². The number of hydrogen-bond donors (Lipinski definition) is 1. The average molecular weight is 227 g/mol. The van der Waals surface area contributed by atoms with Gasteiger partial charge in [-0.3, -0.25) is 0 Å². The lowest BCUT2D eigenvalue weighted by Crippen LogP contribution is -1.96. The number of nitrogens with zero attached hydrogens (tertiary/aromatic N) is 2. The Kier molecular flexibility index (Phi) is 3.09. The lowest BCUT2D eigenvalue weighted by atomic mass is 9.95. The van der Waals surface area contributed by atoms with Crippen LogP contribution < -0.4 is 5.73 Å². The van der Waals surface area contributed by atoms with Gasteiger partial charge < -0.3 is 5.73 Å². The monoisotopic (exact) mass is 227 g/mol. The molecule has 1 aromatic carbocycles. The van der Waals surface area contributed by atoms with E-state index in [1.165, 1.54) is 11.1 Å². The Balaban J connectivity index is 2.44. The molecule has 0 bridgehead atoms. The standard InChI is InChI=1S/C14H17N3/c1-9(2)12-5-4-11(8-10(12)3)13-6-7-16-14(15)17-13/h4-9H,1-3H3,(H2,15,16,17). The number of nitrogens with two attached hydrogens (primary N) is 1. The van der Waals surface area contributed by atoms with Gasteiger partial charge in [-0.05, 0) is 36.1 Å². The number of benzene rings is 1. The van der Waals surface area contributed by atoms with Crippen molar-refractivity contribution in [3.63, 3.8) is 0 Å². The van der Waals surface area contributed by atoms with Gasteiger partial charge in [-0.2, -0.15) is 0 Å². The van der Waals surface area contributed by atoms with Crippen molar-refractivity contribution < 1.29 is 0 Å². The fourth-order valence-electron chi connectivity index (χ4n) is 2.02. The second kappa shape index (κ2) is 4.53. The Morgan fingerprint density at radius 2 is 1.94 bits per heavy atom. The van der Waals surface area contributed by atoms with Crippen LogP contribution in [0.4, 0.5) is 5.95 Å². The van der Waals surface area contributed by atoms with E-state index in [4.69, 9.17) is 5.73 Å². The van der Waals surface area contributed by atoms with Gasteiger partial charge in [0, 0.05) is 11.8 Å². The Morgan fingerprint density at radius 1 is 1.18 bits per heavy atom. The zero-order chi connectivity index (χ0) is 12.4. The predicted octanol–water partition coefficient (Wildman–Crippen LogP) is 3.16. The maximum absolute atomic E-state index is 5.59. The van der Waals surface area contributed by atoms with E-state index in [2.05, 4.69) is 48.9 Å². The van der Waals surface area contributed by atoms with Crippen molar-refractivity contribution in [3.05, 3.63) is 41.6 Å². The molecule has 0 saturated heterocycles. The summed E-state index contributed by atoms with van der Waals surface area (Å²) < 4.78 is 0. The third-order valence-corrected chi connectivity index (χ3v) is 2.86. The molecule has 0 unspecified atom stereocenters. The maximum atomic E-state index is 5.59. The molecule has 1 heterocycles. The largest absolute Gasteiger partial charge is 0.368 e. The lowest BCUT2D eigenvalue weighted by molar-refractivity contribution is 0.857. The van der Waals surface area contributed by atoms with E-state index in [0.717, 1.165) is 11.3 Å². The number of aryl methyl sites for hydroxylation is 1. The van der Waals surface area contributed by atoms with Crippen LogP contribution in [0.25, 0.3) is 11.3 Å². The average Bonchev–Trinajstić information content (AvgIpc) is 2.28. The molecule has 0 aliphatic carbocycles. The Morgan fingerprint density at radius 3 is 2.53 bits per heavy atom. The first-order valence-electron chi connectivity index (χ1n) is 5.77. The molecule has 0 fully saturated rings. The van der Waals surface area contributed by atoms with Gasteiger partial charge in [0.15, 0.2) is 0 Å². The van der Waals surface area contributed by atoms with Crippen LogP contribution in [0, 0.1) is 6.92 Å². The molecular weight excluding hydrogens is 210 g/mol. The van der Waals surface area contributed by atoms with Crippen molar-refractivity contribution >= 4 is 5.95 Å². The minimum Gasteiger partial charge on any atom is -0.368 e. The minimum atomic E-state index is 0.313. The first kappa shape index (κ1) is 11.6. The molecule has 3 heteroatoms. The maximum Gasteiger partial charge on any atom is 0.220 e. The van der Waals surface area contributed by atoms with E-state index in [1.807, 2.05) is 6.07 Å². The molecule has 0 spiro atoms. The first-order chi connectivity index (χ1) is 8.08. The van der Waals surface area contributed by atoms with Crippen molar-refractivity contribution in [1.29, 1.82) is 0 Å². The molecule has 1 aromatic heterocycles. The van der Waals surface area contributed by atoms with Crippen LogP contribution in [0.3, 0.4) is 0 Å². The molecule has 0 atom stereocenters. The summed E-state index contributed by atoms with van der Waals surface area (Å²) in [6.45, 7) is 6.53. The van der Waals surface area contributed by atoms with Crippen molar-refractivity contribution in [2.45, 2.75) is 26.7 Å². The summed E-state index contributed by atoms with van der Waals surface area (Å²) in [5.41, 5.74) is 10.2. The van der Waals surface area contributed by atoms with Gasteiger partial charge in [-0.15, -0.1) is 0 Å². The highest BCUT2D eigenvalue weighted by molar-refractivity contribution is 5.61. The quantitative estimate of drug-likeness (QED) is 0.857. The summed E-state index contributed by atoms with van der Waals surface area (Å²) in [7, 11) is 0. The summed E-state index contributed by atoms with van der Waals surface area (Å²) in [5.74, 6) is 0.854. The first-order valence-corrected chi connectivity index (χ1v) is 5.77. The summed E-state index contributed by atoms with van der Waals surface area (Å²) in [6.07, 6.45) is 1.68. The highest BCUT2D eigenvalue weighted by Gasteiger charge is 2.06. The molecule has 2 N–H and O–H groups in total. The minimum absolute atomic E-state index is 0.313. The normalized spacial score (nSPS) is 10.8. The van der Waals surface area contributed by atoms with E-state index >= 15 is 0 Å². The van der Waals surface area contributed by atoms with Crippen LogP contribution in [-0.2, 0) is 0 Å². The highest BCUT2D eigenvalue weighted by atomic mass is 15.0. The van der Waals surface area contributed by atoms with Crippen LogP contribution in [0.2, 0.25) is 0 Å². The summed E-state index contributed by atoms with van der Waals surface area (Å²) in [6, 6.07) is 8.27. The van der Waals surface area contributed by atoms with Gasteiger partial charge in [0.25, 0.3) is 0 Å². The zero-order valence-corrected chi connectivity index (χ0v) is 10.4. The smallest absolute Gasteiger partial charge is 0.220 e. The summed E-state index contributed by atoms with van der Waals surface area (Å²) in [4.78, 5) is 8.13. The summed E-state index contributed by atoms with van der Waals surface area (Å²) >= 11 is 0. The van der Waals surface area contributed by atoms with Crippen molar-refractivity contribution in [2.24, 2.45) is 0 Å². The van der Waals surface area contributed by atoms with E-state index < -0.39 is 0 Å². The molecule has 3 nitrogen and oxygen atoms in total. The van der Waals surface area contributed by atoms with Crippen LogP contribution in [0.15, 0.2) is 30.5 Å². The lowest BCUT2D eigenvalue weighted by Gasteiger charge is -2.11. The Hall–Kier alpha value is -1.90. The van der Waals surface area contributed by atoms with E-state index in [9.17, 15) is 0 Å². The number of aromatic nitrogens is 2. The molecule has 0 aliphatic rings. The van der Waals surface area contributed by atoms with Crippen molar-refractivity contribution in [3.8, 4) is 11.3 Å². The van der Waals surface area contributed by atoms with Gasteiger partial charge in [-0.25, -0.2) is 9.97 Å². The fraction of sp³-hybridized carbons (Fsp3) is 0.286. The van der Waals surface area contributed by atoms with E-state index in [1.54, 1.807) is 6.20 Å². The molecule has 0 aliphatic heterocycles. The third kappa shape index (κ3) is 2.44. The zero-order valence-electron chi connectivity index (χ0n) is 10.4. The van der Waals surface area contributed by atoms with Crippen LogP contribution >= 0.6 is 0 Å². The topological polar surface area (TPSA) is 51.8 Å². The molecule has 0 saturated carbocycles. The molecule has 2 aromatic rings. The van der Waals surface area contributed by atoms with Crippen LogP contribution in [0.1, 0.15) is 30.9 Å². The van der Waals surface area contributed by atoms with Gasteiger partial charge >= 0.3 is 0 Å². The predicted molar refractivity (Wildman–Crippen MR) is 70.7 cm³/mol. The van der Waals surface area contributed by atoms with Crippen LogP contribution in [0.5, 0.6) is 0 Å². The number of hydrogen-bond acceptors (Lipinski definition) is 3. The van der Waals surface area contributed by atoms with Gasteiger partial charge in [0.1, 0.15) is 0 Å². The fourth-order valence-corrected chi connectivity index (χ4v) is 2.02. The Labute approximate surface area is 102 Å². The molecule has 2 rings (SSSR count). The number of rotatable bonds is 2. The summed E-state index contributed by atoms with van der Waals surface area (Å²) in [5, 5.41) is 0. The second-order valence-corrected chi connectivity index (χ2v) is 4.53. The van der Waals surface area contributed by atoms with Gasteiger partial charge in [-0.1, -0.05) is 26.0 Å². The third-order valence-electron chi connectivity index (χ3n) is 2.86. The molecule has 0 amide bonds. The van der Waals surface area contributed by atoms with Crippen LogP contribution in [-0.4, -0.2) is 9.97 Å². The van der Waals surface area contributed by atoms with Crippen molar-refractivity contribution in [1.82, 2.24) is 9.97 Å². The Bertz CT molecular complexity index is 533. The van der Waals surface area contributed by atoms with Gasteiger partial charge in [0.05, 0.1) is 5.69 Å². The molecule has 17 heavy (non-hydrogen) atoms. The molecule has 0 radical (unpaired) electrons. The second-order valence-electron chi connectivity index (χ2n) is 4.53. The SMILES string of the molecule is Cc1cc(-c2ccnc(N)n2)ccc1C(C)C. The van der Waals surface area contributed by atoms with E-state index in [-0.39, 0.29) is 0 Å². The molecule has 88 valence electrons.